The Morgan fingerprint density at radius 1 is 1.15 bits per heavy atom. The first-order valence-electron chi connectivity index (χ1n) is 9.16. The van der Waals surface area contributed by atoms with E-state index in [1.165, 1.54) is 0 Å². The van der Waals surface area contributed by atoms with Crippen molar-refractivity contribution >= 4 is 11.6 Å². The summed E-state index contributed by atoms with van der Waals surface area (Å²) >= 11 is 0. The van der Waals surface area contributed by atoms with Crippen LogP contribution in [0.15, 0.2) is 53.3 Å². The predicted octanol–water partition coefficient (Wildman–Crippen LogP) is 2.73. The standard InChI is InChI=1S/C20H23N5O2/c1-24(13-17-11-18(23-27-17)15-5-3-2-4-6-15)19-12-20(22-14-21-19)25-9-7-16(26)8-10-25/h2-6,11-12,14,16,26H,7-10,13H2,1H3. The molecule has 3 aromatic rings. The monoisotopic (exact) mass is 365 g/mol. The number of anilines is 2. The fourth-order valence-corrected chi connectivity index (χ4v) is 3.26. The number of aliphatic hydroxyl groups excluding tert-OH is 1. The molecule has 1 saturated heterocycles. The molecule has 0 radical (unpaired) electrons. The fraction of sp³-hybridized carbons (Fsp3) is 0.350. The molecule has 27 heavy (non-hydrogen) atoms. The largest absolute Gasteiger partial charge is 0.393 e. The number of piperidine rings is 1. The van der Waals surface area contributed by atoms with Gasteiger partial charge in [-0.25, -0.2) is 9.97 Å². The molecule has 0 bridgehead atoms. The number of benzene rings is 1. The van der Waals surface area contributed by atoms with Gasteiger partial charge < -0.3 is 19.4 Å². The van der Waals surface area contributed by atoms with Gasteiger partial charge in [0.15, 0.2) is 5.76 Å². The summed E-state index contributed by atoms with van der Waals surface area (Å²) in [6, 6.07) is 13.9. The highest BCUT2D eigenvalue weighted by Crippen LogP contribution is 2.23. The summed E-state index contributed by atoms with van der Waals surface area (Å²) in [5, 5.41) is 13.8. The quantitative estimate of drug-likeness (QED) is 0.745. The molecule has 0 saturated carbocycles. The predicted molar refractivity (Wildman–Crippen MR) is 104 cm³/mol. The van der Waals surface area contributed by atoms with E-state index in [0.717, 1.165) is 54.6 Å². The minimum Gasteiger partial charge on any atom is -0.393 e. The molecule has 0 aliphatic carbocycles. The second kappa shape index (κ2) is 7.75. The van der Waals surface area contributed by atoms with Gasteiger partial charge in [0.2, 0.25) is 0 Å². The summed E-state index contributed by atoms with van der Waals surface area (Å²) in [6.07, 6.45) is 2.93. The molecular weight excluding hydrogens is 342 g/mol. The summed E-state index contributed by atoms with van der Waals surface area (Å²) in [5.41, 5.74) is 1.86. The van der Waals surface area contributed by atoms with Crippen molar-refractivity contribution in [2.75, 3.05) is 29.9 Å². The molecule has 7 nitrogen and oxygen atoms in total. The first kappa shape index (κ1) is 17.5. The lowest BCUT2D eigenvalue weighted by molar-refractivity contribution is 0.145. The minimum atomic E-state index is -0.199. The van der Waals surface area contributed by atoms with Gasteiger partial charge in [0.25, 0.3) is 0 Å². The van der Waals surface area contributed by atoms with Crippen LogP contribution >= 0.6 is 0 Å². The van der Waals surface area contributed by atoms with Gasteiger partial charge in [0.05, 0.1) is 12.6 Å². The summed E-state index contributed by atoms with van der Waals surface area (Å²) in [4.78, 5) is 13.0. The van der Waals surface area contributed by atoms with E-state index in [2.05, 4.69) is 20.0 Å². The number of aromatic nitrogens is 3. The molecule has 1 aliphatic heterocycles. The van der Waals surface area contributed by atoms with Crippen molar-refractivity contribution < 1.29 is 9.63 Å². The van der Waals surface area contributed by atoms with E-state index in [0.29, 0.717) is 6.54 Å². The normalized spacial score (nSPS) is 15.1. The fourth-order valence-electron chi connectivity index (χ4n) is 3.26. The maximum atomic E-state index is 9.68. The topological polar surface area (TPSA) is 78.5 Å². The first-order valence-corrected chi connectivity index (χ1v) is 9.16. The zero-order chi connectivity index (χ0) is 18.6. The van der Waals surface area contributed by atoms with Crippen LogP contribution in [-0.2, 0) is 6.54 Å². The maximum absolute atomic E-state index is 9.68. The lowest BCUT2D eigenvalue weighted by Crippen LogP contribution is -2.36. The van der Waals surface area contributed by atoms with Crippen molar-refractivity contribution in [1.82, 2.24) is 15.1 Å². The maximum Gasteiger partial charge on any atom is 0.156 e. The van der Waals surface area contributed by atoms with Crippen LogP contribution in [-0.4, -0.2) is 46.5 Å². The molecule has 1 fully saturated rings. The van der Waals surface area contributed by atoms with Crippen LogP contribution in [0.4, 0.5) is 11.6 Å². The second-order valence-electron chi connectivity index (χ2n) is 6.85. The molecule has 4 rings (SSSR count). The van der Waals surface area contributed by atoms with Gasteiger partial charge >= 0.3 is 0 Å². The molecule has 2 aromatic heterocycles. The van der Waals surface area contributed by atoms with Gasteiger partial charge in [-0.2, -0.15) is 0 Å². The summed E-state index contributed by atoms with van der Waals surface area (Å²) in [5.74, 6) is 2.49. The van der Waals surface area contributed by atoms with E-state index in [4.69, 9.17) is 4.52 Å². The van der Waals surface area contributed by atoms with Crippen molar-refractivity contribution in [3.63, 3.8) is 0 Å². The molecule has 140 valence electrons. The molecule has 0 amide bonds. The van der Waals surface area contributed by atoms with E-state index in [9.17, 15) is 5.11 Å². The van der Waals surface area contributed by atoms with Crippen molar-refractivity contribution in [2.24, 2.45) is 0 Å². The van der Waals surface area contributed by atoms with Gasteiger partial charge in [-0.05, 0) is 12.8 Å². The van der Waals surface area contributed by atoms with E-state index >= 15 is 0 Å². The van der Waals surface area contributed by atoms with E-state index < -0.39 is 0 Å². The van der Waals surface area contributed by atoms with Crippen LogP contribution in [0.25, 0.3) is 11.3 Å². The Labute approximate surface area is 158 Å². The van der Waals surface area contributed by atoms with Crippen molar-refractivity contribution in [3.8, 4) is 11.3 Å². The molecule has 1 N–H and O–H groups in total. The summed E-state index contributed by atoms with van der Waals surface area (Å²) in [6.45, 7) is 2.18. The van der Waals surface area contributed by atoms with Gasteiger partial charge in [0.1, 0.15) is 23.7 Å². The Morgan fingerprint density at radius 2 is 1.93 bits per heavy atom. The van der Waals surface area contributed by atoms with E-state index in [-0.39, 0.29) is 6.10 Å². The third-order valence-electron chi connectivity index (χ3n) is 4.84. The van der Waals surface area contributed by atoms with Gasteiger partial charge in [-0.15, -0.1) is 0 Å². The second-order valence-corrected chi connectivity index (χ2v) is 6.85. The highest BCUT2D eigenvalue weighted by molar-refractivity contribution is 5.58. The van der Waals surface area contributed by atoms with E-state index in [1.54, 1.807) is 6.33 Å². The molecule has 7 heteroatoms. The highest BCUT2D eigenvalue weighted by Gasteiger charge is 2.19. The van der Waals surface area contributed by atoms with Gasteiger partial charge in [-0.3, -0.25) is 0 Å². The van der Waals surface area contributed by atoms with Crippen LogP contribution in [0.2, 0.25) is 0 Å². The molecular formula is C20H23N5O2. The van der Waals surface area contributed by atoms with Gasteiger partial charge in [0, 0.05) is 37.8 Å². The Balaban J connectivity index is 1.45. The smallest absolute Gasteiger partial charge is 0.156 e. The summed E-state index contributed by atoms with van der Waals surface area (Å²) in [7, 11) is 1.97. The molecule has 1 aliphatic rings. The molecule has 1 aromatic carbocycles. The third-order valence-corrected chi connectivity index (χ3v) is 4.84. The third kappa shape index (κ3) is 4.09. The Morgan fingerprint density at radius 3 is 2.70 bits per heavy atom. The number of rotatable bonds is 5. The lowest BCUT2D eigenvalue weighted by atomic mass is 10.1. The summed E-state index contributed by atoms with van der Waals surface area (Å²) < 4.78 is 5.50. The van der Waals surface area contributed by atoms with Crippen molar-refractivity contribution in [1.29, 1.82) is 0 Å². The highest BCUT2D eigenvalue weighted by atomic mass is 16.5. The van der Waals surface area contributed by atoms with E-state index in [1.807, 2.05) is 54.4 Å². The molecule has 0 spiro atoms. The lowest BCUT2D eigenvalue weighted by Gasteiger charge is -2.30. The minimum absolute atomic E-state index is 0.199. The molecule has 0 atom stereocenters. The average molecular weight is 365 g/mol. The zero-order valence-electron chi connectivity index (χ0n) is 15.3. The number of nitrogens with zero attached hydrogens (tertiary/aromatic N) is 5. The number of hydrogen-bond acceptors (Lipinski definition) is 7. The van der Waals surface area contributed by atoms with Crippen LogP contribution in [0.3, 0.4) is 0 Å². The number of aliphatic hydroxyl groups is 1. The van der Waals surface area contributed by atoms with Gasteiger partial charge in [-0.1, -0.05) is 35.5 Å². The van der Waals surface area contributed by atoms with Crippen LogP contribution in [0.5, 0.6) is 0 Å². The van der Waals surface area contributed by atoms with Crippen molar-refractivity contribution in [2.45, 2.75) is 25.5 Å². The molecule has 0 unspecified atom stereocenters. The number of hydrogen-bond donors (Lipinski definition) is 1. The van der Waals surface area contributed by atoms with Crippen LogP contribution < -0.4 is 9.80 Å². The Bertz CT molecular complexity index is 875. The Hall–Kier alpha value is -2.93. The van der Waals surface area contributed by atoms with Crippen LogP contribution in [0, 0.1) is 0 Å². The first-order chi connectivity index (χ1) is 13.2. The van der Waals surface area contributed by atoms with Crippen molar-refractivity contribution in [3.05, 3.63) is 54.6 Å². The Kier molecular flexibility index (Phi) is 5.02. The van der Waals surface area contributed by atoms with Crippen LogP contribution in [0.1, 0.15) is 18.6 Å². The average Bonchev–Trinajstić information content (AvgIpc) is 3.18. The molecule has 3 heterocycles. The SMILES string of the molecule is CN(Cc1cc(-c2ccccc2)no1)c1cc(N2CCC(O)CC2)ncn1. The zero-order valence-corrected chi connectivity index (χ0v) is 15.3.